The lowest BCUT2D eigenvalue weighted by Gasteiger charge is -2.13. The lowest BCUT2D eigenvalue weighted by atomic mass is 10.1. The van der Waals surface area contributed by atoms with E-state index in [-0.39, 0.29) is 40.6 Å². The summed E-state index contributed by atoms with van der Waals surface area (Å²) in [7, 11) is -3.02. The predicted molar refractivity (Wildman–Crippen MR) is 92.0 cm³/mol. The molecular formula is C14H17F2N3O4S2. The lowest BCUT2D eigenvalue weighted by Crippen LogP contribution is -2.44. The Hall–Kier alpha value is -2.01. The number of nitrogens with one attached hydrogen (secondary N) is 3. The Labute approximate surface area is 149 Å². The first-order valence-corrected chi connectivity index (χ1v) is 9.57. The van der Waals surface area contributed by atoms with Gasteiger partial charge in [-0.15, -0.1) is 0 Å². The van der Waals surface area contributed by atoms with E-state index in [9.17, 15) is 22.0 Å². The molecule has 0 radical (unpaired) electrons. The number of ether oxygens (including phenoxy) is 1. The fourth-order valence-corrected chi connectivity index (χ4v) is 4.39. The van der Waals surface area contributed by atoms with Crippen molar-refractivity contribution in [2.45, 2.75) is 19.5 Å². The van der Waals surface area contributed by atoms with Gasteiger partial charge in [0.15, 0.2) is 14.9 Å². The van der Waals surface area contributed by atoms with Crippen molar-refractivity contribution in [2.75, 3.05) is 16.8 Å². The SMILES string of the molecule is O=C(C[C@@H]1CCS(=O)(=O)C1)NNC(=S)Nc1ccc(OC(F)F)cc1. The van der Waals surface area contributed by atoms with Crippen molar-refractivity contribution in [1.29, 1.82) is 0 Å². The van der Waals surface area contributed by atoms with E-state index < -0.39 is 16.4 Å². The van der Waals surface area contributed by atoms with Crippen LogP contribution in [0.15, 0.2) is 24.3 Å². The Morgan fingerprint density at radius 1 is 1.28 bits per heavy atom. The van der Waals surface area contributed by atoms with E-state index in [1.165, 1.54) is 24.3 Å². The van der Waals surface area contributed by atoms with Crippen molar-refractivity contribution in [3.8, 4) is 5.75 Å². The molecule has 1 aromatic carbocycles. The predicted octanol–water partition coefficient (Wildman–Crippen LogP) is 1.43. The van der Waals surface area contributed by atoms with Crippen LogP contribution in [0.1, 0.15) is 12.8 Å². The van der Waals surface area contributed by atoms with Crippen LogP contribution in [0.3, 0.4) is 0 Å². The van der Waals surface area contributed by atoms with Gasteiger partial charge in [0, 0.05) is 12.1 Å². The number of sulfone groups is 1. The topological polar surface area (TPSA) is 96.5 Å². The maximum Gasteiger partial charge on any atom is 0.387 e. The number of carbonyl (C=O) groups excluding carboxylic acids is 1. The molecule has 0 spiro atoms. The highest BCUT2D eigenvalue weighted by Crippen LogP contribution is 2.21. The Morgan fingerprint density at radius 2 is 1.96 bits per heavy atom. The van der Waals surface area contributed by atoms with Gasteiger partial charge in [-0.1, -0.05) is 0 Å². The standard InChI is InChI=1S/C14H17F2N3O4S2/c15-13(16)23-11-3-1-10(2-4-11)17-14(24)19-18-12(20)7-9-5-6-25(21,22)8-9/h1-4,9,13H,5-8H2,(H,18,20)(H2,17,19,24)/t9-/m0/s1. The van der Waals surface area contributed by atoms with Gasteiger partial charge in [-0.05, 0) is 48.8 Å². The number of amides is 1. The van der Waals surface area contributed by atoms with Gasteiger partial charge in [-0.3, -0.25) is 15.6 Å². The van der Waals surface area contributed by atoms with Gasteiger partial charge in [-0.2, -0.15) is 8.78 Å². The Morgan fingerprint density at radius 3 is 2.52 bits per heavy atom. The van der Waals surface area contributed by atoms with Crippen molar-refractivity contribution in [1.82, 2.24) is 10.9 Å². The molecule has 7 nitrogen and oxygen atoms in total. The summed E-state index contributed by atoms with van der Waals surface area (Å²) in [5.41, 5.74) is 5.39. The van der Waals surface area contributed by atoms with Crippen LogP contribution in [-0.4, -0.2) is 37.6 Å². The van der Waals surface area contributed by atoms with Gasteiger partial charge >= 0.3 is 6.61 Å². The van der Waals surface area contributed by atoms with Gasteiger partial charge in [0.2, 0.25) is 5.91 Å². The molecule has 0 unspecified atom stereocenters. The van der Waals surface area contributed by atoms with E-state index in [0.29, 0.717) is 12.1 Å². The second-order valence-electron chi connectivity index (χ2n) is 5.50. The van der Waals surface area contributed by atoms with Crippen LogP contribution in [0.4, 0.5) is 14.5 Å². The highest BCUT2D eigenvalue weighted by Gasteiger charge is 2.29. The van der Waals surface area contributed by atoms with Crippen LogP contribution in [0, 0.1) is 5.92 Å². The molecule has 138 valence electrons. The molecule has 1 aliphatic rings. The maximum absolute atomic E-state index is 12.1. The number of halogens is 2. The van der Waals surface area contributed by atoms with Gasteiger partial charge in [-0.25, -0.2) is 8.42 Å². The van der Waals surface area contributed by atoms with Crippen LogP contribution in [-0.2, 0) is 14.6 Å². The molecular weight excluding hydrogens is 376 g/mol. The molecule has 0 saturated carbocycles. The Kier molecular flexibility index (Phi) is 6.48. The number of benzene rings is 1. The average Bonchev–Trinajstić information content (AvgIpc) is 2.85. The number of alkyl halides is 2. The summed E-state index contributed by atoms with van der Waals surface area (Å²) >= 11 is 4.99. The van der Waals surface area contributed by atoms with Crippen LogP contribution < -0.4 is 20.9 Å². The van der Waals surface area contributed by atoms with Crippen molar-refractivity contribution in [3.05, 3.63) is 24.3 Å². The number of carbonyl (C=O) groups is 1. The zero-order valence-electron chi connectivity index (χ0n) is 13.0. The molecule has 1 fully saturated rings. The minimum atomic E-state index is -3.02. The Bertz CT molecular complexity index is 726. The van der Waals surface area contributed by atoms with Crippen LogP contribution in [0.5, 0.6) is 5.75 Å². The molecule has 1 aliphatic heterocycles. The number of hydrogen-bond donors (Lipinski definition) is 3. The fourth-order valence-electron chi connectivity index (χ4n) is 2.35. The van der Waals surface area contributed by atoms with E-state index in [1.54, 1.807) is 0 Å². The smallest absolute Gasteiger partial charge is 0.387 e. The molecule has 3 N–H and O–H groups in total. The number of hydrogen-bond acceptors (Lipinski definition) is 5. The summed E-state index contributed by atoms with van der Waals surface area (Å²) < 4.78 is 51.0. The monoisotopic (exact) mass is 393 g/mol. The third-order valence-electron chi connectivity index (χ3n) is 3.45. The maximum atomic E-state index is 12.1. The van der Waals surface area contributed by atoms with E-state index >= 15 is 0 Å². The first-order valence-electron chi connectivity index (χ1n) is 7.34. The highest BCUT2D eigenvalue weighted by atomic mass is 32.2. The first kappa shape index (κ1) is 19.3. The molecule has 2 rings (SSSR count). The van der Waals surface area contributed by atoms with Crippen molar-refractivity contribution < 1.29 is 26.7 Å². The summed E-state index contributed by atoms with van der Waals surface area (Å²) in [5.74, 6) is -0.401. The van der Waals surface area contributed by atoms with Gasteiger partial charge < -0.3 is 10.1 Å². The largest absolute Gasteiger partial charge is 0.435 e. The van der Waals surface area contributed by atoms with Gasteiger partial charge in [0.25, 0.3) is 0 Å². The molecule has 1 saturated heterocycles. The molecule has 1 heterocycles. The second kappa shape index (κ2) is 8.39. The number of rotatable bonds is 5. The van der Waals surface area contributed by atoms with Gasteiger partial charge in [0.1, 0.15) is 5.75 Å². The first-order chi connectivity index (χ1) is 11.7. The summed E-state index contributed by atoms with van der Waals surface area (Å²) in [6, 6.07) is 5.65. The number of thiocarbonyl (C=S) groups is 1. The molecule has 0 bridgehead atoms. The van der Waals surface area contributed by atoms with Crippen LogP contribution >= 0.6 is 12.2 Å². The molecule has 0 aromatic heterocycles. The number of hydrazine groups is 1. The van der Waals surface area contributed by atoms with E-state index in [1.807, 2.05) is 0 Å². The minimum Gasteiger partial charge on any atom is -0.435 e. The van der Waals surface area contributed by atoms with E-state index in [0.717, 1.165) is 0 Å². The van der Waals surface area contributed by atoms with Crippen molar-refractivity contribution >= 4 is 38.8 Å². The molecule has 1 amide bonds. The van der Waals surface area contributed by atoms with Crippen LogP contribution in [0.2, 0.25) is 0 Å². The minimum absolute atomic E-state index is 0.0132. The normalized spacial score (nSPS) is 18.6. The second-order valence-corrected chi connectivity index (χ2v) is 8.14. The van der Waals surface area contributed by atoms with E-state index in [2.05, 4.69) is 20.9 Å². The Balaban J connectivity index is 1.72. The molecule has 0 aliphatic carbocycles. The van der Waals surface area contributed by atoms with Gasteiger partial charge in [0.05, 0.1) is 11.5 Å². The molecule has 1 atom stereocenters. The summed E-state index contributed by atoms with van der Waals surface area (Å²) in [4.78, 5) is 11.8. The lowest BCUT2D eigenvalue weighted by molar-refractivity contribution is -0.122. The average molecular weight is 393 g/mol. The molecule has 1 aromatic rings. The third kappa shape index (κ3) is 6.78. The zero-order valence-corrected chi connectivity index (χ0v) is 14.6. The van der Waals surface area contributed by atoms with E-state index in [4.69, 9.17) is 12.2 Å². The molecule has 11 heteroatoms. The highest BCUT2D eigenvalue weighted by molar-refractivity contribution is 7.91. The number of anilines is 1. The third-order valence-corrected chi connectivity index (χ3v) is 5.49. The molecule has 25 heavy (non-hydrogen) atoms. The zero-order chi connectivity index (χ0) is 18.4. The quantitative estimate of drug-likeness (QED) is 0.514. The summed E-state index contributed by atoms with van der Waals surface area (Å²) in [6.07, 6.45) is 0.569. The van der Waals surface area contributed by atoms with Crippen molar-refractivity contribution in [2.24, 2.45) is 5.92 Å². The fraction of sp³-hybridized carbons (Fsp3) is 0.429. The summed E-state index contributed by atoms with van der Waals surface area (Å²) in [5, 5.41) is 2.84. The van der Waals surface area contributed by atoms with Crippen molar-refractivity contribution in [3.63, 3.8) is 0 Å². The summed E-state index contributed by atoms with van der Waals surface area (Å²) in [6.45, 7) is -2.90. The van der Waals surface area contributed by atoms with Crippen LogP contribution in [0.25, 0.3) is 0 Å².